The van der Waals surface area contributed by atoms with Crippen LogP contribution in [0.2, 0.25) is 0 Å². The second kappa shape index (κ2) is 4.71. The van der Waals surface area contributed by atoms with Crippen LogP contribution in [-0.4, -0.2) is 26.1 Å². The number of amides is 1. The van der Waals surface area contributed by atoms with Gasteiger partial charge in [-0.2, -0.15) is 0 Å². The van der Waals surface area contributed by atoms with Crippen molar-refractivity contribution in [1.82, 2.24) is 0 Å². The van der Waals surface area contributed by atoms with Gasteiger partial charge < -0.3 is 15.4 Å². The van der Waals surface area contributed by atoms with E-state index in [9.17, 15) is 9.18 Å². The topological polar surface area (TPSA) is 55.6 Å². The predicted molar refractivity (Wildman–Crippen MR) is 62.5 cm³/mol. The van der Waals surface area contributed by atoms with E-state index in [2.05, 4.69) is 0 Å². The summed E-state index contributed by atoms with van der Waals surface area (Å²) < 4.78 is 18.3. The monoisotopic (exact) mass is 238 g/mol. The summed E-state index contributed by atoms with van der Waals surface area (Å²) in [5.41, 5.74) is 6.08. The fourth-order valence-corrected chi connectivity index (χ4v) is 2.01. The second-order valence-electron chi connectivity index (χ2n) is 4.16. The van der Waals surface area contributed by atoms with E-state index in [4.69, 9.17) is 10.5 Å². The third kappa shape index (κ3) is 2.39. The summed E-state index contributed by atoms with van der Waals surface area (Å²) in [6.07, 6.45) is 0.426. The number of rotatable bonds is 3. The van der Waals surface area contributed by atoms with Crippen molar-refractivity contribution in [1.29, 1.82) is 0 Å². The van der Waals surface area contributed by atoms with E-state index < -0.39 is 5.82 Å². The summed E-state index contributed by atoms with van der Waals surface area (Å²) >= 11 is 0. The first-order valence-electron chi connectivity index (χ1n) is 5.49. The molecule has 1 aliphatic rings. The van der Waals surface area contributed by atoms with Crippen molar-refractivity contribution in [3.8, 4) is 5.75 Å². The zero-order valence-electron chi connectivity index (χ0n) is 9.65. The molecule has 0 saturated carbocycles. The van der Waals surface area contributed by atoms with E-state index in [1.807, 2.05) is 0 Å². The highest BCUT2D eigenvalue weighted by molar-refractivity contribution is 5.95. The molecule has 5 heteroatoms. The molecule has 1 aromatic carbocycles. The number of ether oxygens (including phenoxy) is 1. The largest absolute Gasteiger partial charge is 0.497 e. The molecular weight excluding hydrogens is 223 g/mol. The Kier molecular flexibility index (Phi) is 3.28. The zero-order valence-corrected chi connectivity index (χ0v) is 9.65. The molecule has 92 valence electrons. The third-order valence-corrected chi connectivity index (χ3v) is 2.94. The first-order chi connectivity index (χ1) is 8.13. The van der Waals surface area contributed by atoms with Crippen LogP contribution in [0.3, 0.4) is 0 Å². The molecule has 1 aromatic rings. The van der Waals surface area contributed by atoms with Crippen molar-refractivity contribution in [3.05, 3.63) is 24.0 Å². The van der Waals surface area contributed by atoms with Crippen molar-refractivity contribution in [3.63, 3.8) is 0 Å². The van der Waals surface area contributed by atoms with E-state index in [0.29, 0.717) is 30.9 Å². The molecule has 1 fully saturated rings. The maximum atomic E-state index is 13.3. The van der Waals surface area contributed by atoms with Crippen molar-refractivity contribution in [2.45, 2.75) is 6.42 Å². The van der Waals surface area contributed by atoms with Crippen LogP contribution in [0.15, 0.2) is 18.2 Å². The van der Waals surface area contributed by atoms with Gasteiger partial charge in [0.1, 0.15) is 11.6 Å². The third-order valence-electron chi connectivity index (χ3n) is 2.94. The van der Waals surface area contributed by atoms with Gasteiger partial charge in [0.25, 0.3) is 0 Å². The van der Waals surface area contributed by atoms with Crippen LogP contribution < -0.4 is 15.4 Å². The first kappa shape index (κ1) is 11.9. The number of carbonyl (C=O) groups excluding carboxylic acids is 1. The minimum absolute atomic E-state index is 0.0203. The molecule has 1 saturated heterocycles. The summed E-state index contributed by atoms with van der Waals surface area (Å²) in [5, 5.41) is 0. The number of halogens is 1. The maximum absolute atomic E-state index is 13.3. The van der Waals surface area contributed by atoms with Crippen LogP contribution in [0.1, 0.15) is 6.42 Å². The molecule has 0 aromatic heterocycles. The van der Waals surface area contributed by atoms with E-state index in [1.54, 1.807) is 11.0 Å². The maximum Gasteiger partial charge on any atom is 0.227 e. The molecule has 2 N–H and O–H groups in total. The van der Waals surface area contributed by atoms with Gasteiger partial charge in [-0.3, -0.25) is 4.79 Å². The van der Waals surface area contributed by atoms with Crippen molar-refractivity contribution in [2.24, 2.45) is 11.7 Å². The van der Waals surface area contributed by atoms with Crippen LogP contribution in [-0.2, 0) is 4.79 Å². The van der Waals surface area contributed by atoms with Gasteiger partial charge in [0, 0.05) is 25.1 Å². The summed E-state index contributed by atoms with van der Waals surface area (Å²) in [7, 11) is 1.47. The molecule has 0 bridgehead atoms. The standard InChI is InChI=1S/C12H15FN2O2/c1-17-11-4-9(13)3-10(5-11)15-7-8(6-14)2-12(15)16/h3-5,8H,2,6-7,14H2,1H3. The number of hydrogen-bond acceptors (Lipinski definition) is 3. The van der Waals surface area contributed by atoms with Crippen LogP contribution in [0.4, 0.5) is 10.1 Å². The molecule has 0 aliphatic carbocycles. The molecule has 0 radical (unpaired) electrons. The lowest BCUT2D eigenvalue weighted by molar-refractivity contribution is -0.117. The number of nitrogens with zero attached hydrogens (tertiary/aromatic N) is 1. The second-order valence-corrected chi connectivity index (χ2v) is 4.16. The van der Waals surface area contributed by atoms with Gasteiger partial charge in [0.2, 0.25) is 5.91 Å². The predicted octanol–water partition coefficient (Wildman–Crippen LogP) is 1.15. The lowest BCUT2D eigenvalue weighted by atomic mass is 10.1. The van der Waals surface area contributed by atoms with Crippen LogP contribution >= 0.6 is 0 Å². The molecule has 1 heterocycles. The molecule has 17 heavy (non-hydrogen) atoms. The van der Waals surface area contributed by atoms with E-state index in [1.165, 1.54) is 19.2 Å². The Morgan fingerprint density at radius 3 is 2.88 bits per heavy atom. The van der Waals surface area contributed by atoms with Crippen molar-refractivity contribution in [2.75, 3.05) is 25.1 Å². The van der Waals surface area contributed by atoms with E-state index in [0.717, 1.165) is 0 Å². The zero-order chi connectivity index (χ0) is 12.4. The van der Waals surface area contributed by atoms with E-state index in [-0.39, 0.29) is 11.8 Å². The van der Waals surface area contributed by atoms with Gasteiger partial charge in [-0.1, -0.05) is 0 Å². The highest BCUT2D eigenvalue weighted by atomic mass is 19.1. The van der Waals surface area contributed by atoms with Gasteiger partial charge in [-0.25, -0.2) is 4.39 Å². The van der Waals surface area contributed by atoms with Crippen molar-refractivity contribution < 1.29 is 13.9 Å². The molecule has 1 atom stereocenters. The van der Waals surface area contributed by atoms with Gasteiger partial charge >= 0.3 is 0 Å². The molecule has 1 amide bonds. The minimum atomic E-state index is -0.414. The van der Waals surface area contributed by atoms with Crippen LogP contribution in [0.5, 0.6) is 5.75 Å². The minimum Gasteiger partial charge on any atom is -0.497 e. The highest BCUT2D eigenvalue weighted by Gasteiger charge is 2.30. The smallest absolute Gasteiger partial charge is 0.227 e. The lowest BCUT2D eigenvalue weighted by Crippen LogP contribution is -2.25. The molecular formula is C12H15FN2O2. The van der Waals surface area contributed by atoms with Gasteiger partial charge in [0.15, 0.2) is 0 Å². The Balaban J connectivity index is 2.28. The average Bonchev–Trinajstić information content (AvgIpc) is 2.69. The SMILES string of the molecule is COc1cc(F)cc(N2CC(CN)CC2=O)c1. The Morgan fingerprint density at radius 2 is 2.29 bits per heavy atom. The Morgan fingerprint density at radius 1 is 1.53 bits per heavy atom. The molecule has 4 nitrogen and oxygen atoms in total. The van der Waals surface area contributed by atoms with Gasteiger partial charge in [-0.15, -0.1) is 0 Å². The Labute approximate surface area is 99.2 Å². The summed E-state index contributed by atoms with van der Waals surface area (Å²) in [5.74, 6) is 0.122. The Bertz CT molecular complexity index is 437. The lowest BCUT2D eigenvalue weighted by Gasteiger charge is -2.17. The summed E-state index contributed by atoms with van der Waals surface area (Å²) in [4.78, 5) is 13.3. The number of benzene rings is 1. The fourth-order valence-electron chi connectivity index (χ4n) is 2.01. The number of hydrogen-bond donors (Lipinski definition) is 1. The summed E-state index contributed by atoms with van der Waals surface area (Å²) in [6.45, 7) is 1.01. The average molecular weight is 238 g/mol. The van der Waals surface area contributed by atoms with Crippen LogP contribution in [0.25, 0.3) is 0 Å². The van der Waals surface area contributed by atoms with Crippen molar-refractivity contribution >= 4 is 11.6 Å². The first-order valence-corrected chi connectivity index (χ1v) is 5.49. The number of anilines is 1. The van der Waals surface area contributed by atoms with Gasteiger partial charge in [0.05, 0.1) is 12.8 Å². The number of nitrogens with two attached hydrogens (primary N) is 1. The Hall–Kier alpha value is -1.62. The summed E-state index contributed by atoms with van der Waals surface area (Å²) in [6, 6.07) is 4.27. The molecule has 1 aliphatic heterocycles. The molecule has 2 rings (SSSR count). The molecule has 0 spiro atoms. The van der Waals surface area contributed by atoms with Gasteiger partial charge in [-0.05, 0) is 18.5 Å². The fraction of sp³-hybridized carbons (Fsp3) is 0.417. The normalized spacial score (nSPS) is 19.8. The highest BCUT2D eigenvalue weighted by Crippen LogP contribution is 2.28. The quantitative estimate of drug-likeness (QED) is 0.859. The number of carbonyl (C=O) groups is 1. The number of methoxy groups -OCH3 is 1. The molecule has 1 unspecified atom stereocenters. The van der Waals surface area contributed by atoms with E-state index >= 15 is 0 Å². The van der Waals surface area contributed by atoms with Crippen LogP contribution in [0, 0.1) is 11.7 Å².